The minimum atomic E-state index is -0.312. The smallest absolute Gasteiger partial charge is 0.137 e. The molecule has 94 valence electrons. The van der Waals surface area contributed by atoms with E-state index < -0.39 is 0 Å². The van der Waals surface area contributed by atoms with E-state index in [-0.39, 0.29) is 5.82 Å². The minimum Gasteiger partial charge on any atom is -0.235 e. The van der Waals surface area contributed by atoms with Crippen molar-refractivity contribution in [2.75, 3.05) is 0 Å². The number of benzene rings is 2. The Morgan fingerprint density at radius 1 is 0.947 bits per heavy atom. The number of hydrogen-bond acceptors (Lipinski definition) is 1. The van der Waals surface area contributed by atoms with Gasteiger partial charge in [0, 0.05) is 16.0 Å². The molecule has 0 spiro atoms. The summed E-state index contributed by atoms with van der Waals surface area (Å²) in [6.45, 7) is 0. The number of nitrogens with zero attached hydrogens (tertiary/aromatic N) is 1. The fraction of sp³-hybridized carbons (Fsp3) is 0. The Balaban J connectivity index is 2.29. The zero-order valence-electron chi connectivity index (χ0n) is 9.70. The van der Waals surface area contributed by atoms with Gasteiger partial charge >= 0.3 is 0 Å². The van der Waals surface area contributed by atoms with E-state index in [0.717, 1.165) is 10.9 Å². The number of hydrogen-bond donors (Lipinski definition) is 0. The van der Waals surface area contributed by atoms with Gasteiger partial charge in [-0.1, -0.05) is 41.4 Å². The maximum Gasteiger partial charge on any atom is 0.137 e. The summed E-state index contributed by atoms with van der Waals surface area (Å²) in [5, 5.41) is 1.73. The van der Waals surface area contributed by atoms with Gasteiger partial charge in [-0.05, 0) is 35.9 Å². The lowest BCUT2D eigenvalue weighted by Crippen LogP contribution is -1.87. The summed E-state index contributed by atoms with van der Waals surface area (Å²) in [5.41, 5.74) is 2.07. The predicted molar refractivity (Wildman–Crippen MR) is 77.2 cm³/mol. The van der Waals surface area contributed by atoms with Gasteiger partial charge in [0.1, 0.15) is 11.0 Å². The van der Waals surface area contributed by atoms with Crippen LogP contribution in [0.1, 0.15) is 0 Å². The molecule has 0 unspecified atom stereocenters. The summed E-state index contributed by atoms with van der Waals surface area (Å²) < 4.78 is 13.3. The molecule has 4 heteroatoms. The summed E-state index contributed by atoms with van der Waals surface area (Å²) in [4.78, 5) is 4.30. The van der Waals surface area contributed by atoms with Crippen molar-refractivity contribution in [3.8, 4) is 11.1 Å². The van der Waals surface area contributed by atoms with Crippen LogP contribution in [-0.2, 0) is 0 Å². The Morgan fingerprint density at radius 2 is 1.74 bits per heavy atom. The summed E-state index contributed by atoms with van der Waals surface area (Å²) in [7, 11) is 0. The van der Waals surface area contributed by atoms with Gasteiger partial charge in [-0.2, -0.15) is 0 Å². The zero-order chi connectivity index (χ0) is 13.4. The SMILES string of the molecule is Fc1cccc(-c2cc3c(Cl)cccc3nc2Cl)c1. The van der Waals surface area contributed by atoms with Crippen LogP contribution in [0.4, 0.5) is 4.39 Å². The first-order chi connectivity index (χ1) is 9.15. The zero-order valence-corrected chi connectivity index (χ0v) is 11.2. The largest absolute Gasteiger partial charge is 0.235 e. The van der Waals surface area contributed by atoms with Crippen LogP contribution in [0.3, 0.4) is 0 Å². The summed E-state index contributed by atoms with van der Waals surface area (Å²) in [6, 6.07) is 13.5. The van der Waals surface area contributed by atoms with Gasteiger partial charge in [-0.25, -0.2) is 9.37 Å². The van der Waals surface area contributed by atoms with E-state index in [4.69, 9.17) is 23.2 Å². The third-order valence-electron chi connectivity index (χ3n) is 2.90. The van der Waals surface area contributed by atoms with Gasteiger partial charge in [0.2, 0.25) is 0 Å². The van der Waals surface area contributed by atoms with Crippen LogP contribution in [0.5, 0.6) is 0 Å². The van der Waals surface area contributed by atoms with Crippen molar-refractivity contribution in [2.24, 2.45) is 0 Å². The molecule has 19 heavy (non-hydrogen) atoms. The quantitative estimate of drug-likeness (QED) is 0.551. The molecule has 0 N–H and O–H groups in total. The van der Waals surface area contributed by atoms with E-state index in [1.165, 1.54) is 12.1 Å². The molecule has 0 aliphatic heterocycles. The summed E-state index contributed by atoms with van der Waals surface area (Å²) >= 11 is 12.3. The lowest BCUT2D eigenvalue weighted by molar-refractivity contribution is 0.628. The second-order valence-corrected chi connectivity index (χ2v) is 4.91. The summed E-state index contributed by atoms with van der Waals surface area (Å²) in [6.07, 6.45) is 0. The Hall–Kier alpha value is -1.64. The van der Waals surface area contributed by atoms with Crippen molar-refractivity contribution in [3.63, 3.8) is 0 Å². The normalized spacial score (nSPS) is 10.9. The van der Waals surface area contributed by atoms with Gasteiger partial charge in [0.15, 0.2) is 0 Å². The highest BCUT2D eigenvalue weighted by Crippen LogP contribution is 2.32. The molecule has 3 rings (SSSR count). The van der Waals surface area contributed by atoms with Gasteiger partial charge in [-0.3, -0.25) is 0 Å². The highest BCUT2D eigenvalue weighted by molar-refractivity contribution is 6.36. The van der Waals surface area contributed by atoms with Crippen molar-refractivity contribution in [1.29, 1.82) is 0 Å². The van der Waals surface area contributed by atoms with Gasteiger partial charge < -0.3 is 0 Å². The van der Waals surface area contributed by atoms with Crippen molar-refractivity contribution >= 4 is 34.1 Å². The van der Waals surface area contributed by atoms with Crippen LogP contribution in [0, 0.1) is 5.82 Å². The fourth-order valence-electron chi connectivity index (χ4n) is 1.99. The molecule has 1 heterocycles. The van der Waals surface area contributed by atoms with Crippen LogP contribution in [-0.4, -0.2) is 4.98 Å². The average molecular weight is 292 g/mol. The number of fused-ring (bicyclic) bond motifs is 1. The minimum absolute atomic E-state index is 0.312. The van der Waals surface area contributed by atoms with Crippen LogP contribution in [0.2, 0.25) is 10.2 Å². The molecular formula is C15H8Cl2FN. The molecule has 1 nitrogen and oxygen atoms in total. The van der Waals surface area contributed by atoms with Crippen LogP contribution >= 0.6 is 23.2 Å². The topological polar surface area (TPSA) is 12.9 Å². The van der Waals surface area contributed by atoms with Crippen molar-refractivity contribution in [3.05, 3.63) is 64.5 Å². The van der Waals surface area contributed by atoms with Gasteiger partial charge in [-0.15, -0.1) is 0 Å². The van der Waals surface area contributed by atoms with E-state index in [0.29, 0.717) is 21.3 Å². The van der Waals surface area contributed by atoms with E-state index >= 15 is 0 Å². The second-order valence-electron chi connectivity index (χ2n) is 4.14. The molecular weight excluding hydrogens is 284 g/mol. The number of pyridine rings is 1. The van der Waals surface area contributed by atoms with Gasteiger partial charge in [0.25, 0.3) is 0 Å². The molecule has 0 saturated carbocycles. The van der Waals surface area contributed by atoms with E-state index in [2.05, 4.69) is 4.98 Å². The van der Waals surface area contributed by atoms with E-state index in [1.807, 2.05) is 18.2 Å². The standard InChI is InChI=1S/C15H8Cl2FN/c16-13-5-2-6-14-12(13)8-11(15(17)19-14)9-3-1-4-10(18)7-9/h1-8H. The maximum absolute atomic E-state index is 13.3. The Bertz CT molecular complexity index is 771. The third-order valence-corrected chi connectivity index (χ3v) is 3.51. The third kappa shape index (κ3) is 2.29. The van der Waals surface area contributed by atoms with Crippen LogP contribution in [0.25, 0.3) is 22.0 Å². The molecule has 0 aliphatic rings. The lowest BCUT2D eigenvalue weighted by atomic mass is 10.1. The Kier molecular flexibility index (Phi) is 3.13. The van der Waals surface area contributed by atoms with Crippen LogP contribution in [0.15, 0.2) is 48.5 Å². The number of halogens is 3. The fourth-order valence-corrected chi connectivity index (χ4v) is 2.47. The molecule has 0 atom stereocenters. The molecule has 0 aliphatic carbocycles. The Labute approximate surface area is 119 Å². The highest BCUT2D eigenvalue weighted by Gasteiger charge is 2.09. The number of aromatic nitrogens is 1. The van der Waals surface area contributed by atoms with Crippen molar-refractivity contribution in [2.45, 2.75) is 0 Å². The molecule has 0 amide bonds. The number of rotatable bonds is 1. The molecule has 1 aromatic heterocycles. The first kappa shape index (κ1) is 12.4. The first-order valence-corrected chi connectivity index (χ1v) is 6.41. The lowest BCUT2D eigenvalue weighted by Gasteiger charge is -2.07. The molecule has 0 saturated heterocycles. The maximum atomic E-state index is 13.3. The first-order valence-electron chi connectivity index (χ1n) is 5.66. The van der Waals surface area contributed by atoms with Crippen molar-refractivity contribution < 1.29 is 4.39 Å². The van der Waals surface area contributed by atoms with Gasteiger partial charge in [0.05, 0.1) is 5.52 Å². The van der Waals surface area contributed by atoms with E-state index in [9.17, 15) is 4.39 Å². The predicted octanol–water partition coefficient (Wildman–Crippen LogP) is 5.35. The molecule has 0 fully saturated rings. The molecule has 3 aromatic rings. The van der Waals surface area contributed by atoms with Crippen LogP contribution < -0.4 is 0 Å². The summed E-state index contributed by atoms with van der Waals surface area (Å²) in [5.74, 6) is -0.312. The average Bonchev–Trinajstić information content (AvgIpc) is 2.38. The molecule has 2 aromatic carbocycles. The van der Waals surface area contributed by atoms with E-state index in [1.54, 1.807) is 18.2 Å². The highest BCUT2D eigenvalue weighted by atomic mass is 35.5. The second kappa shape index (κ2) is 4.80. The monoisotopic (exact) mass is 291 g/mol. The van der Waals surface area contributed by atoms with Crippen molar-refractivity contribution in [1.82, 2.24) is 4.98 Å². The molecule has 0 radical (unpaired) electrons. The molecule has 0 bridgehead atoms. The Morgan fingerprint density at radius 3 is 2.53 bits per heavy atom.